The third-order valence-electron chi connectivity index (χ3n) is 3.04. The van der Waals surface area contributed by atoms with Gasteiger partial charge in [-0.1, -0.05) is 35.3 Å². The van der Waals surface area contributed by atoms with Crippen molar-refractivity contribution in [2.24, 2.45) is 0 Å². The van der Waals surface area contributed by atoms with Crippen LogP contribution in [0.2, 0.25) is 10.0 Å². The van der Waals surface area contributed by atoms with Crippen molar-refractivity contribution >= 4 is 34.9 Å². The molecule has 0 amide bonds. The van der Waals surface area contributed by atoms with E-state index >= 15 is 0 Å². The molecule has 3 nitrogen and oxygen atoms in total. The first kappa shape index (κ1) is 15.6. The maximum Gasteiger partial charge on any atom is 0.337 e. The summed E-state index contributed by atoms with van der Waals surface area (Å²) in [5, 5.41) is 12.4. The molecule has 0 bridgehead atoms. The Morgan fingerprint density at radius 3 is 2.57 bits per heavy atom. The number of hydrogen-bond donors (Lipinski definition) is 2. The summed E-state index contributed by atoms with van der Waals surface area (Å²) in [6.45, 7) is 1.76. The van der Waals surface area contributed by atoms with Gasteiger partial charge in [-0.15, -0.1) is 0 Å². The Morgan fingerprint density at radius 2 is 1.90 bits per heavy atom. The molecule has 0 heterocycles. The molecule has 2 aromatic rings. The van der Waals surface area contributed by atoms with Gasteiger partial charge in [0, 0.05) is 10.7 Å². The average Bonchev–Trinajstić information content (AvgIpc) is 2.43. The molecule has 2 N–H and O–H groups in total. The van der Waals surface area contributed by atoms with Crippen LogP contribution in [0, 0.1) is 5.82 Å². The van der Waals surface area contributed by atoms with E-state index in [0.717, 1.165) is 0 Å². The van der Waals surface area contributed by atoms with Crippen LogP contribution in [0.1, 0.15) is 28.9 Å². The average molecular weight is 328 g/mol. The summed E-state index contributed by atoms with van der Waals surface area (Å²) >= 11 is 11.7. The Bertz CT molecular complexity index is 691. The van der Waals surface area contributed by atoms with Crippen molar-refractivity contribution in [1.29, 1.82) is 0 Å². The zero-order chi connectivity index (χ0) is 15.6. The molecule has 110 valence electrons. The molecule has 0 fully saturated rings. The van der Waals surface area contributed by atoms with Gasteiger partial charge in [-0.25, -0.2) is 9.18 Å². The van der Waals surface area contributed by atoms with Crippen LogP contribution in [0.3, 0.4) is 0 Å². The number of aromatic carboxylic acids is 1. The zero-order valence-corrected chi connectivity index (χ0v) is 12.5. The minimum Gasteiger partial charge on any atom is -0.478 e. The van der Waals surface area contributed by atoms with E-state index in [2.05, 4.69) is 5.32 Å². The van der Waals surface area contributed by atoms with Gasteiger partial charge in [-0.2, -0.15) is 0 Å². The molecule has 0 radical (unpaired) electrons. The van der Waals surface area contributed by atoms with E-state index in [1.807, 2.05) is 0 Å². The number of carbonyl (C=O) groups is 1. The summed E-state index contributed by atoms with van der Waals surface area (Å²) < 4.78 is 13.6. The number of carboxylic acid groups (broad SMARTS) is 1. The van der Waals surface area contributed by atoms with Crippen LogP contribution in [0.25, 0.3) is 0 Å². The number of anilines is 1. The number of rotatable bonds is 4. The summed E-state index contributed by atoms with van der Waals surface area (Å²) in [4.78, 5) is 11.2. The van der Waals surface area contributed by atoms with Gasteiger partial charge in [0.2, 0.25) is 0 Å². The minimum atomic E-state index is -1.04. The maximum atomic E-state index is 13.6. The van der Waals surface area contributed by atoms with E-state index in [9.17, 15) is 9.18 Å². The Morgan fingerprint density at radius 1 is 1.24 bits per heavy atom. The Labute approximate surface area is 131 Å². The van der Waals surface area contributed by atoms with Crippen molar-refractivity contribution in [3.05, 3.63) is 63.4 Å². The second kappa shape index (κ2) is 6.33. The predicted octanol–water partition coefficient (Wildman–Crippen LogP) is 5.00. The third kappa shape index (κ3) is 3.46. The Hall–Kier alpha value is -1.78. The predicted molar refractivity (Wildman–Crippen MR) is 81.9 cm³/mol. The smallest absolute Gasteiger partial charge is 0.337 e. The lowest BCUT2D eigenvalue weighted by Crippen LogP contribution is -2.11. The zero-order valence-electron chi connectivity index (χ0n) is 11.0. The highest BCUT2D eigenvalue weighted by atomic mass is 35.5. The van der Waals surface area contributed by atoms with E-state index in [0.29, 0.717) is 16.3 Å². The molecule has 1 unspecified atom stereocenters. The van der Waals surface area contributed by atoms with E-state index in [4.69, 9.17) is 28.3 Å². The lowest BCUT2D eigenvalue weighted by molar-refractivity contribution is 0.0698. The van der Waals surface area contributed by atoms with Crippen molar-refractivity contribution in [2.75, 3.05) is 5.32 Å². The number of carboxylic acids is 1. The molecule has 0 spiro atoms. The van der Waals surface area contributed by atoms with Gasteiger partial charge < -0.3 is 10.4 Å². The molecule has 21 heavy (non-hydrogen) atoms. The first-order chi connectivity index (χ1) is 9.90. The van der Waals surface area contributed by atoms with E-state index in [1.165, 1.54) is 18.2 Å². The van der Waals surface area contributed by atoms with Gasteiger partial charge in [0.05, 0.1) is 16.6 Å². The molecule has 1 atom stereocenters. The monoisotopic (exact) mass is 327 g/mol. The topological polar surface area (TPSA) is 49.3 Å². The van der Waals surface area contributed by atoms with Crippen LogP contribution in [-0.2, 0) is 0 Å². The highest BCUT2D eigenvalue weighted by Crippen LogP contribution is 2.31. The molecule has 0 saturated heterocycles. The van der Waals surface area contributed by atoms with Crippen LogP contribution in [0.4, 0.5) is 10.1 Å². The van der Waals surface area contributed by atoms with E-state index < -0.39 is 11.8 Å². The number of para-hydroxylation sites is 1. The first-order valence-electron chi connectivity index (χ1n) is 6.13. The van der Waals surface area contributed by atoms with Crippen molar-refractivity contribution in [2.45, 2.75) is 13.0 Å². The number of hydrogen-bond acceptors (Lipinski definition) is 2. The summed E-state index contributed by atoms with van der Waals surface area (Å²) in [6, 6.07) is 8.66. The van der Waals surface area contributed by atoms with Crippen LogP contribution < -0.4 is 5.32 Å². The summed E-state index contributed by atoms with van der Waals surface area (Å²) in [6.07, 6.45) is 0. The number of halogens is 3. The van der Waals surface area contributed by atoms with E-state index in [-0.39, 0.29) is 16.6 Å². The normalized spacial score (nSPS) is 12.0. The highest BCUT2D eigenvalue weighted by molar-refractivity contribution is 6.35. The maximum absolute atomic E-state index is 13.6. The van der Waals surface area contributed by atoms with Gasteiger partial charge in [-0.3, -0.25) is 0 Å². The first-order valence-corrected chi connectivity index (χ1v) is 6.89. The largest absolute Gasteiger partial charge is 0.478 e. The molecule has 0 saturated carbocycles. The Kier molecular flexibility index (Phi) is 4.70. The summed E-state index contributed by atoms with van der Waals surface area (Å²) in [5.74, 6) is -1.62. The van der Waals surface area contributed by atoms with Crippen molar-refractivity contribution in [3.63, 3.8) is 0 Å². The van der Waals surface area contributed by atoms with Crippen LogP contribution in [0.5, 0.6) is 0 Å². The SMILES string of the molecule is CC(Nc1ccccc1C(=O)O)c1cc(F)c(Cl)cc1Cl. The second-order valence-electron chi connectivity index (χ2n) is 4.50. The van der Waals surface area contributed by atoms with Gasteiger partial charge in [0.1, 0.15) is 5.82 Å². The standard InChI is InChI=1S/C15H12Cl2FNO2/c1-8(10-6-13(18)12(17)7-11(10)16)19-14-5-3-2-4-9(14)15(20)21/h2-8,19H,1H3,(H,20,21). The summed E-state index contributed by atoms with van der Waals surface area (Å²) in [7, 11) is 0. The quantitative estimate of drug-likeness (QED) is 0.776. The van der Waals surface area contributed by atoms with Crippen molar-refractivity contribution in [1.82, 2.24) is 0 Å². The van der Waals surface area contributed by atoms with E-state index in [1.54, 1.807) is 25.1 Å². The highest BCUT2D eigenvalue weighted by Gasteiger charge is 2.16. The molecule has 2 aromatic carbocycles. The molecular formula is C15H12Cl2FNO2. The third-order valence-corrected chi connectivity index (χ3v) is 3.65. The van der Waals surface area contributed by atoms with Crippen LogP contribution in [0.15, 0.2) is 36.4 Å². The van der Waals surface area contributed by atoms with Gasteiger partial charge >= 0.3 is 5.97 Å². The van der Waals surface area contributed by atoms with Crippen LogP contribution >= 0.6 is 23.2 Å². The number of benzene rings is 2. The molecule has 0 aromatic heterocycles. The Balaban J connectivity index is 2.33. The second-order valence-corrected chi connectivity index (χ2v) is 5.32. The molecule has 0 aliphatic rings. The lowest BCUT2D eigenvalue weighted by atomic mass is 10.1. The van der Waals surface area contributed by atoms with Crippen LogP contribution in [-0.4, -0.2) is 11.1 Å². The molecule has 6 heteroatoms. The fourth-order valence-electron chi connectivity index (χ4n) is 1.98. The van der Waals surface area contributed by atoms with Gasteiger partial charge in [0.15, 0.2) is 0 Å². The molecular weight excluding hydrogens is 316 g/mol. The van der Waals surface area contributed by atoms with Gasteiger partial charge in [0.25, 0.3) is 0 Å². The number of nitrogens with one attached hydrogen (secondary N) is 1. The van der Waals surface area contributed by atoms with Crippen molar-refractivity contribution < 1.29 is 14.3 Å². The molecule has 0 aliphatic carbocycles. The fourth-order valence-corrected chi connectivity index (χ4v) is 2.52. The molecule has 0 aliphatic heterocycles. The summed E-state index contributed by atoms with van der Waals surface area (Å²) in [5.41, 5.74) is 1.07. The van der Waals surface area contributed by atoms with Gasteiger partial charge in [-0.05, 0) is 36.8 Å². The van der Waals surface area contributed by atoms with Crippen molar-refractivity contribution in [3.8, 4) is 0 Å². The lowest BCUT2D eigenvalue weighted by Gasteiger charge is -2.18. The fraction of sp³-hybridized carbons (Fsp3) is 0.133. The molecule has 2 rings (SSSR count). The minimum absolute atomic E-state index is 0.0538.